The molecule has 0 bridgehead atoms. The van der Waals surface area contributed by atoms with Gasteiger partial charge in [0.15, 0.2) is 0 Å². The molecule has 0 aromatic heterocycles. The lowest BCUT2D eigenvalue weighted by Crippen LogP contribution is -2.39. The highest BCUT2D eigenvalue weighted by Crippen LogP contribution is 2.16. The molecule has 1 heterocycles. The summed E-state index contributed by atoms with van der Waals surface area (Å²) in [5.74, 6) is 0.759. The molecule has 0 spiro atoms. The molecule has 1 aliphatic heterocycles. The third-order valence-electron chi connectivity index (χ3n) is 4.15. The van der Waals surface area contributed by atoms with Crippen molar-refractivity contribution >= 4 is 11.8 Å². The molecule has 0 radical (unpaired) electrons. The van der Waals surface area contributed by atoms with Crippen molar-refractivity contribution in [3.63, 3.8) is 0 Å². The highest BCUT2D eigenvalue weighted by atomic mass is 16.2. The Labute approximate surface area is 126 Å². The van der Waals surface area contributed by atoms with Crippen molar-refractivity contribution in [2.45, 2.75) is 33.1 Å². The van der Waals surface area contributed by atoms with Crippen LogP contribution in [0.3, 0.4) is 0 Å². The first-order chi connectivity index (χ1) is 10.1. The topological polar surface area (TPSA) is 49.4 Å². The maximum atomic E-state index is 12.1. The van der Waals surface area contributed by atoms with Gasteiger partial charge in [-0.1, -0.05) is 25.1 Å². The SMILES string of the molecule is Cc1ccccc1C(=O)NCCC(=O)N1CCC(C)CC1. The van der Waals surface area contributed by atoms with Crippen LogP contribution in [0.1, 0.15) is 42.1 Å². The van der Waals surface area contributed by atoms with E-state index in [1.807, 2.05) is 30.0 Å². The minimum atomic E-state index is -0.104. The van der Waals surface area contributed by atoms with Crippen LogP contribution in [-0.4, -0.2) is 36.3 Å². The maximum absolute atomic E-state index is 12.1. The smallest absolute Gasteiger partial charge is 0.251 e. The van der Waals surface area contributed by atoms with E-state index in [1.54, 1.807) is 6.07 Å². The summed E-state index contributed by atoms with van der Waals surface area (Å²) in [6, 6.07) is 7.47. The monoisotopic (exact) mass is 288 g/mol. The van der Waals surface area contributed by atoms with E-state index in [-0.39, 0.29) is 11.8 Å². The average Bonchev–Trinajstić information content (AvgIpc) is 2.48. The van der Waals surface area contributed by atoms with Gasteiger partial charge in [0.2, 0.25) is 5.91 Å². The van der Waals surface area contributed by atoms with Gasteiger partial charge in [-0.15, -0.1) is 0 Å². The molecule has 0 aliphatic carbocycles. The number of nitrogens with zero attached hydrogens (tertiary/aromatic N) is 1. The van der Waals surface area contributed by atoms with Gasteiger partial charge in [0, 0.05) is 31.6 Å². The fraction of sp³-hybridized carbons (Fsp3) is 0.529. The minimum absolute atomic E-state index is 0.104. The molecule has 4 nitrogen and oxygen atoms in total. The van der Waals surface area contributed by atoms with E-state index in [9.17, 15) is 9.59 Å². The fourth-order valence-electron chi connectivity index (χ4n) is 2.62. The van der Waals surface area contributed by atoms with E-state index in [0.717, 1.165) is 37.4 Å². The highest BCUT2D eigenvalue weighted by Gasteiger charge is 2.20. The molecular formula is C17H24N2O2. The summed E-state index contributed by atoms with van der Waals surface area (Å²) in [5, 5.41) is 2.83. The van der Waals surface area contributed by atoms with Gasteiger partial charge in [-0.2, -0.15) is 0 Å². The number of carbonyl (C=O) groups excluding carboxylic acids is 2. The van der Waals surface area contributed by atoms with Gasteiger partial charge in [-0.05, 0) is 37.3 Å². The van der Waals surface area contributed by atoms with Gasteiger partial charge in [-0.3, -0.25) is 9.59 Å². The van der Waals surface area contributed by atoms with E-state index < -0.39 is 0 Å². The van der Waals surface area contributed by atoms with Gasteiger partial charge in [0.1, 0.15) is 0 Å². The summed E-state index contributed by atoms with van der Waals surface area (Å²) >= 11 is 0. The predicted molar refractivity (Wildman–Crippen MR) is 83.1 cm³/mol. The summed E-state index contributed by atoms with van der Waals surface area (Å²) in [4.78, 5) is 26.0. The van der Waals surface area contributed by atoms with E-state index in [2.05, 4.69) is 12.2 Å². The van der Waals surface area contributed by atoms with Crippen LogP contribution in [0.4, 0.5) is 0 Å². The zero-order valence-electron chi connectivity index (χ0n) is 12.9. The Bertz CT molecular complexity index is 505. The van der Waals surface area contributed by atoms with E-state index in [0.29, 0.717) is 18.5 Å². The molecule has 2 rings (SSSR count). The third kappa shape index (κ3) is 4.31. The quantitative estimate of drug-likeness (QED) is 0.924. The zero-order chi connectivity index (χ0) is 15.2. The van der Waals surface area contributed by atoms with E-state index in [1.165, 1.54) is 0 Å². The molecule has 114 valence electrons. The number of benzene rings is 1. The summed E-state index contributed by atoms with van der Waals surface area (Å²) in [6.45, 7) is 6.24. The Balaban J connectivity index is 1.75. The first-order valence-electron chi connectivity index (χ1n) is 7.69. The molecule has 0 atom stereocenters. The first kappa shape index (κ1) is 15.5. The summed E-state index contributed by atoms with van der Waals surface area (Å²) < 4.78 is 0. The number of aryl methyl sites for hydroxylation is 1. The normalized spacial score (nSPS) is 15.8. The number of likely N-dealkylation sites (tertiary alicyclic amines) is 1. The fourth-order valence-corrected chi connectivity index (χ4v) is 2.62. The molecule has 1 saturated heterocycles. The van der Waals surface area contributed by atoms with Gasteiger partial charge in [0.25, 0.3) is 5.91 Å². The van der Waals surface area contributed by atoms with Crippen molar-refractivity contribution in [1.29, 1.82) is 0 Å². The van der Waals surface area contributed by atoms with Gasteiger partial charge < -0.3 is 10.2 Å². The maximum Gasteiger partial charge on any atom is 0.251 e. The van der Waals surface area contributed by atoms with Crippen LogP contribution in [0.5, 0.6) is 0 Å². The lowest BCUT2D eigenvalue weighted by molar-refractivity contribution is -0.132. The summed E-state index contributed by atoms with van der Waals surface area (Å²) in [6.07, 6.45) is 2.55. The Hall–Kier alpha value is -1.84. The van der Waals surface area contributed by atoms with Crippen molar-refractivity contribution in [2.24, 2.45) is 5.92 Å². The first-order valence-corrected chi connectivity index (χ1v) is 7.69. The average molecular weight is 288 g/mol. The van der Waals surface area contributed by atoms with Crippen molar-refractivity contribution in [2.75, 3.05) is 19.6 Å². The molecule has 1 fully saturated rings. The predicted octanol–water partition coefficient (Wildman–Crippen LogP) is 2.37. The van der Waals surface area contributed by atoms with Crippen LogP contribution >= 0.6 is 0 Å². The number of piperidine rings is 1. The second kappa shape index (κ2) is 7.25. The number of amides is 2. The molecule has 2 amide bonds. The van der Waals surface area contributed by atoms with Crippen LogP contribution < -0.4 is 5.32 Å². The Morgan fingerprint density at radius 2 is 1.90 bits per heavy atom. The van der Waals surface area contributed by atoms with Crippen LogP contribution in [0, 0.1) is 12.8 Å². The molecule has 21 heavy (non-hydrogen) atoms. The molecule has 0 unspecified atom stereocenters. The van der Waals surface area contributed by atoms with Crippen LogP contribution in [0.2, 0.25) is 0 Å². The van der Waals surface area contributed by atoms with Crippen molar-refractivity contribution in [3.05, 3.63) is 35.4 Å². The van der Waals surface area contributed by atoms with Crippen LogP contribution in [0.25, 0.3) is 0 Å². The Morgan fingerprint density at radius 3 is 2.57 bits per heavy atom. The Morgan fingerprint density at radius 1 is 1.24 bits per heavy atom. The minimum Gasteiger partial charge on any atom is -0.352 e. The number of carbonyl (C=O) groups is 2. The van der Waals surface area contributed by atoms with Gasteiger partial charge in [0.05, 0.1) is 0 Å². The molecule has 0 saturated carbocycles. The van der Waals surface area contributed by atoms with Gasteiger partial charge in [-0.25, -0.2) is 0 Å². The van der Waals surface area contributed by atoms with Crippen LogP contribution in [0.15, 0.2) is 24.3 Å². The molecule has 4 heteroatoms. The molecule has 1 aliphatic rings. The Kier molecular flexibility index (Phi) is 5.37. The second-order valence-corrected chi connectivity index (χ2v) is 5.88. The molecule has 1 aromatic carbocycles. The number of nitrogens with one attached hydrogen (secondary N) is 1. The lowest BCUT2D eigenvalue weighted by atomic mass is 9.99. The largest absolute Gasteiger partial charge is 0.352 e. The lowest BCUT2D eigenvalue weighted by Gasteiger charge is -2.30. The number of hydrogen-bond donors (Lipinski definition) is 1. The zero-order valence-corrected chi connectivity index (χ0v) is 12.9. The summed E-state index contributed by atoms with van der Waals surface area (Å²) in [5.41, 5.74) is 1.63. The van der Waals surface area contributed by atoms with Crippen molar-refractivity contribution < 1.29 is 9.59 Å². The van der Waals surface area contributed by atoms with E-state index in [4.69, 9.17) is 0 Å². The van der Waals surface area contributed by atoms with E-state index >= 15 is 0 Å². The van der Waals surface area contributed by atoms with Crippen molar-refractivity contribution in [3.8, 4) is 0 Å². The molecule has 1 N–H and O–H groups in total. The number of rotatable bonds is 4. The van der Waals surface area contributed by atoms with Gasteiger partial charge >= 0.3 is 0 Å². The number of hydrogen-bond acceptors (Lipinski definition) is 2. The summed E-state index contributed by atoms with van der Waals surface area (Å²) in [7, 11) is 0. The molecular weight excluding hydrogens is 264 g/mol. The molecule has 1 aromatic rings. The van der Waals surface area contributed by atoms with Crippen molar-refractivity contribution in [1.82, 2.24) is 10.2 Å². The third-order valence-corrected chi connectivity index (χ3v) is 4.15. The highest BCUT2D eigenvalue weighted by molar-refractivity contribution is 5.95. The second-order valence-electron chi connectivity index (χ2n) is 5.88. The van der Waals surface area contributed by atoms with Crippen LogP contribution in [-0.2, 0) is 4.79 Å². The standard InChI is InChI=1S/C17H24N2O2/c1-13-8-11-19(12-9-13)16(20)7-10-18-17(21)15-6-4-3-5-14(15)2/h3-6,13H,7-12H2,1-2H3,(H,18,21).